The summed E-state index contributed by atoms with van der Waals surface area (Å²) in [5.74, 6) is 1.59. The van der Waals surface area contributed by atoms with E-state index in [0.717, 1.165) is 18.1 Å². The molecule has 1 saturated heterocycles. The predicted octanol–water partition coefficient (Wildman–Crippen LogP) is 1.35. The standard InChI is InChI=1S/C17H21N3O3/c1-12-4-5-14(23-12)10-20-8-6-15(16(21)11-20)19-17(22)13-3-2-7-18-9-13/h2-5,7,9,15-16,21H,6,8,10-11H2,1H3,(H,19,22). The van der Waals surface area contributed by atoms with E-state index in [0.29, 0.717) is 25.1 Å². The molecule has 3 heterocycles. The van der Waals surface area contributed by atoms with Crippen molar-refractivity contribution >= 4 is 5.91 Å². The summed E-state index contributed by atoms with van der Waals surface area (Å²) in [6.45, 7) is 3.90. The van der Waals surface area contributed by atoms with Gasteiger partial charge in [0.15, 0.2) is 0 Å². The number of pyridine rings is 1. The Kier molecular flexibility index (Phi) is 4.73. The van der Waals surface area contributed by atoms with Gasteiger partial charge in [-0.25, -0.2) is 0 Å². The van der Waals surface area contributed by atoms with E-state index >= 15 is 0 Å². The summed E-state index contributed by atoms with van der Waals surface area (Å²) in [5, 5.41) is 13.2. The first-order valence-electron chi connectivity index (χ1n) is 7.78. The number of β-amino-alcohol motifs (C(OH)–C–C–N with tert-alkyl or cyclic N) is 1. The number of amides is 1. The average Bonchev–Trinajstić information content (AvgIpc) is 2.96. The third kappa shape index (κ3) is 3.97. The largest absolute Gasteiger partial charge is 0.465 e. The second-order valence-electron chi connectivity index (χ2n) is 5.93. The maximum Gasteiger partial charge on any atom is 0.253 e. The average molecular weight is 315 g/mol. The van der Waals surface area contributed by atoms with Crippen LogP contribution in [0.4, 0.5) is 0 Å². The maximum atomic E-state index is 12.1. The minimum absolute atomic E-state index is 0.197. The number of rotatable bonds is 4. The molecule has 1 aliphatic heterocycles. The predicted molar refractivity (Wildman–Crippen MR) is 84.8 cm³/mol. The van der Waals surface area contributed by atoms with Gasteiger partial charge < -0.3 is 14.8 Å². The van der Waals surface area contributed by atoms with Gasteiger partial charge in [0.25, 0.3) is 5.91 Å². The Bertz CT molecular complexity index is 656. The molecule has 23 heavy (non-hydrogen) atoms. The van der Waals surface area contributed by atoms with Crippen molar-refractivity contribution in [2.75, 3.05) is 13.1 Å². The topological polar surface area (TPSA) is 78.6 Å². The van der Waals surface area contributed by atoms with Gasteiger partial charge in [0.1, 0.15) is 11.5 Å². The van der Waals surface area contributed by atoms with E-state index in [-0.39, 0.29) is 11.9 Å². The normalized spacial score (nSPS) is 22.0. The second-order valence-corrected chi connectivity index (χ2v) is 5.93. The molecule has 2 aromatic heterocycles. The van der Waals surface area contributed by atoms with Crippen LogP contribution in [0.2, 0.25) is 0 Å². The van der Waals surface area contributed by atoms with Crippen molar-refractivity contribution in [3.8, 4) is 0 Å². The van der Waals surface area contributed by atoms with Gasteiger partial charge in [0, 0.05) is 25.5 Å². The van der Waals surface area contributed by atoms with Crippen LogP contribution in [0, 0.1) is 6.92 Å². The Labute approximate surface area is 135 Å². The van der Waals surface area contributed by atoms with Crippen LogP contribution in [0.3, 0.4) is 0 Å². The lowest BCUT2D eigenvalue weighted by atomic mass is 10.0. The van der Waals surface area contributed by atoms with Gasteiger partial charge >= 0.3 is 0 Å². The number of piperidine rings is 1. The van der Waals surface area contributed by atoms with Crippen LogP contribution in [0.1, 0.15) is 28.3 Å². The van der Waals surface area contributed by atoms with E-state index < -0.39 is 6.10 Å². The Morgan fingerprint density at radius 2 is 2.35 bits per heavy atom. The Morgan fingerprint density at radius 3 is 3.00 bits per heavy atom. The van der Waals surface area contributed by atoms with E-state index in [1.807, 2.05) is 19.1 Å². The van der Waals surface area contributed by atoms with Gasteiger partial charge in [-0.05, 0) is 37.6 Å². The smallest absolute Gasteiger partial charge is 0.253 e. The van der Waals surface area contributed by atoms with E-state index in [9.17, 15) is 9.90 Å². The molecule has 1 aliphatic rings. The first-order chi connectivity index (χ1) is 11.1. The lowest BCUT2D eigenvalue weighted by Gasteiger charge is -2.35. The molecule has 0 spiro atoms. The summed E-state index contributed by atoms with van der Waals surface area (Å²) in [6.07, 6.45) is 3.25. The van der Waals surface area contributed by atoms with Gasteiger partial charge in [-0.2, -0.15) is 0 Å². The molecular weight excluding hydrogens is 294 g/mol. The summed E-state index contributed by atoms with van der Waals surface area (Å²) >= 11 is 0. The van der Waals surface area contributed by atoms with Gasteiger partial charge in [-0.3, -0.25) is 14.7 Å². The summed E-state index contributed by atoms with van der Waals surface area (Å²) < 4.78 is 5.57. The SMILES string of the molecule is Cc1ccc(CN2CCC(NC(=O)c3cccnc3)C(O)C2)o1. The van der Waals surface area contributed by atoms with Gasteiger partial charge in [0.05, 0.1) is 24.3 Å². The van der Waals surface area contributed by atoms with E-state index in [1.54, 1.807) is 18.3 Å². The summed E-state index contributed by atoms with van der Waals surface area (Å²) in [4.78, 5) is 18.2. The molecule has 0 aromatic carbocycles. The number of aromatic nitrogens is 1. The van der Waals surface area contributed by atoms with Crippen LogP contribution in [0.5, 0.6) is 0 Å². The van der Waals surface area contributed by atoms with E-state index in [2.05, 4.69) is 15.2 Å². The van der Waals surface area contributed by atoms with Crippen LogP contribution in [-0.2, 0) is 6.54 Å². The number of carbonyl (C=O) groups is 1. The molecule has 0 radical (unpaired) electrons. The van der Waals surface area contributed by atoms with Crippen molar-refractivity contribution in [1.29, 1.82) is 0 Å². The minimum Gasteiger partial charge on any atom is -0.465 e. The molecule has 6 heteroatoms. The summed E-state index contributed by atoms with van der Waals surface area (Å²) in [7, 11) is 0. The van der Waals surface area contributed by atoms with Crippen LogP contribution in [-0.4, -0.2) is 46.1 Å². The van der Waals surface area contributed by atoms with E-state index in [1.165, 1.54) is 6.20 Å². The number of aliphatic hydroxyl groups excluding tert-OH is 1. The number of nitrogens with zero attached hydrogens (tertiary/aromatic N) is 2. The van der Waals surface area contributed by atoms with Crippen molar-refractivity contribution in [1.82, 2.24) is 15.2 Å². The van der Waals surface area contributed by atoms with Crippen molar-refractivity contribution in [2.45, 2.75) is 32.0 Å². The second kappa shape index (κ2) is 6.93. The number of furan rings is 1. The number of carbonyl (C=O) groups excluding carboxylic acids is 1. The van der Waals surface area contributed by atoms with Crippen molar-refractivity contribution in [3.63, 3.8) is 0 Å². The van der Waals surface area contributed by atoms with Crippen LogP contribution >= 0.6 is 0 Å². The Morgan fingerprint density at radius 1 is 1.48 bits per heavy atom. The molecule has 0 aliphatic carbocycles. The first-order valence-corrected chi connectivity index (χ1v) is 7.78. The number of hydrogen-bond acceptors (Lipinski definition) is 5. The molecular formula is C17H21N3O3. The highest BCUT2D eigenvalue weighted by Gasteiger charge is 2.29. The van der Waals surface area contributed by atoms with Gasteiger partial charge in [0.2, 0.25) is 0 Å². The number of likely N-dealkylation sites (tertiary alicyclic amines) is 1. The zero-order valence-corrected chi connectivity index (χ0v) is 13.1. The zero-order chi connectivity index (χ0) is 16.2. The van der Waals surface area contributed by atoms with Crippen molar-refractivity contribution in [3.05, 3.63) is 53.7 Å². The van der Waals surface area contributed by atoms with Crippen LogP contribution < -0.4 is 5.32 Å². The molecule has 1 amide bonds. The molecule has 2 N–H and O–H groups in total. The number of nitrogens with one attached hydrogen (secondary N) is 1. The molecule has 1 fully saturated rings. The van der Waals surface area contributed by atoms with E-state index in [4.69, 9.17) is 4.42 Å². The lowest BCUT2D eigenvalue weighted by Crippen LogP contribution is -2.53. The highest BCUT2D eigenvalue weighted by atomic mass is 16.3. The summed E-state index contributed by atoms with van der Waals surface area (Å²) in [6, 6.07) is 7.09. The summed E-state index contributed by atoms with van der Waals surface area (Å²) in [5.41, 5.74) is 0.508. The highest BCUT2D eigenvalue weighted by Crippen LogP contribution is 2.16. The fourth-order valence-corrected chi connectivity index (χ4v) is 2.85. The van der Waals surface area contributed by atoms with Crippen molar-refractivity contribution in [2.24, 2.45) is 0 Å². The van der Waals surface area contributed by atoms with Crippen LogP contribution in [0.15, 0.2) is 41.1 Å². The molecule has 2 unspecified atom stereocenters. The molecule has 2 atom stereocenters. The zero-order valence-electron chi connectivity index (χ0n) is 13.1. The molecule has 6 nitrogen and oxygen atoms in total. The first kappa shape index (κ1) is 15.7. The Hall–Kier alpha value is -2.18. The highest BCUT2D eigenvalue weighted by molar-refractivity contribution is 5.94. The number of aryl methyl sites for hydroxylation is 1. The molecule has 122 valence electrons. The molecule has 0 bridgehead atoms. The number of aliphatic hydroxyl groups is 1. The monoisotopic (exact) mass is 315 g/mol. The molecule has 2 aromatic rings. The molecule has 3 rings (SSSR count). The third-order valence-electron chi connectivity index (χ3n) is 4.08. The minimum atomic E-state index is -0.597. The quantitative estimate of drug-likeness (QED) is 0.890. The lowest BCUT2D eigenvalue weighted by molar-refractivity contribution is 0.0325. The van der Waals surface area contributed by atoms with Gasteiger partial charge in [-0.15, -0.1) is 0 Å². The maximum absolute atomic E-state index is 12.1. The Balaban J connectivity index is 1.53. The van der Waals surface area contributed by atoms with Gasteiger partial charge in [-0.1, -0.05) is 0 Å². The van der Waals surface area contributed by atoms with Crippen molar-refractivity contribution < 1.29 is 14.3 Å². The fraction of sp³-hybridized carbons (Fsp3) is 0.412. The fourth-order valence-electron chi connectivity index (χ4n) is 2.85. The number of hydrogen-bond donors (Lipinski definition) is 2. The van der Waals surface area contributed by atoms with Crippen LogP contribution in [0.25, 0.3) is 0 Å². The third-order valence-corrected chi connectivity index (χ3v) is 4.08. The molecule has 0 saturated carbocycles.